The Labute approximate surface area is 133 Å². The molecular weight excluding hydrogens is 312 g/mol. The SMILES string of the molecule is C[C@H](NCC(O)c1cc(Cl)ccc1Cl)c1cccc(F)c1. The van der Waals surface area contributed by atoms with Crippen molar-refractivity contribution in [3.63, 3.8) is 0 Å². The summed E-state index contributed by atoms with van der Waals surface area (Å²) >= 11 is 12.0. The van der Waals surface area contributed by atoms with Crippen LogP contribution in [-0.4, -0.2) is 11.7 Å². The zero-order valence-corrected chi connectivity index (χ0v) is 13.0. The van der Waals surface area contributed by atoms with Crippen LogP contribution < -0.4 is 5.32 Å². The Balaban J connectivity index is 2.00. The summed E-state index contributed by atoms with van der Waals surface area (Å²) < 4.78 is 13.2. The summed E-state index contributed by atoms with van der Waals surface area (Å²) in [6.45, 7) is 2.19. The normalized spacial score (nSPS) is 14.0. The monoisotopic (exact) mass is 327 g/mol. The highest BCUT2D eigenvalue weighted by molar-refractivity contribution is 6.33. The number of benzene rings is 2. The van der Waals surface area contributed by atoms with E-state index in [-0.39, 0.29) is 18.4 Å². The molecule has 5 heteroatoms. The lowest BCUT2D eigenvalue weighted by atomic mass is 10.1. The number of nitrogens with one attached hydrogen (secondary N) is 1. The lowest BCUT2D eigenvalue weighted by Gasteiger charge is -2.18. The van der Waals surface area contributed by atoms with E-state index < -0.39 is 6.10 Å². The first-order valence-electron chi connectivity index (χ1n) is 6.59. The number of halogens is 3. The van der Waals surface area contributed by atoms with Crippen molar-refractivity contribution in [2.75, 3.05) is 6.54 Å². The van der Waals surface area contributed by atoms with Crippen LogP contribution in [0.3, 0.4) is 0 Å². The van der Waals surface area contributed by atoms with Crippen LogP contribution in [0.15, 0.2) is 42.5 Å². The second-order valence-electron chi connectivity index (χ2n) is 4.87. The van der Waals surface area contributed by atoms with Gasteiger partial charge >= 0.3 is 0 Å². The lowest BCUT2D eigenvalue weighted by molar-refractivity contribution is 0.171. The molecule has 2 aromatic rings. The van der Waals surface area contributed by atoms with Gasteiger partial charge in [0.1, 0.15) is 5.82 Å². The summed E-state index contributed by atoms with van der Waals surface area (Å²) in [4.78, 5) is 0. The van der Waals surface area contributed by atoms with E-state index in [2.05, 4.69) is 5.32 Å². The molecule has 0 aliphatic carbocycles. The van der Waals surface area contributed by atoms with Crippen molar-refractivity contribution in [3.8, 4) is 0 Å². The fourth-order valence-corrected chi connectivity index (χ4v) is 2.49. The summed E-state index contributed by atoms with van der Waals surface area (Å²) in [5.41, 5.74) is 1.39. The standard InChI is InChI=1S/C16H16Cl2FNO/c1-10(11-3-2-4-13(19)7-11)20-9-16(21)14-8-12(17)5-6-15(14)18/h2-8,10,16,20-21H,9H2,1H3/t10-,16?/m0/s1. The van der Waals surface area contributed by atoms with Crippen LogP contribution in [0.2, 0.25) is 10.0 Å². The first-order valence-corrected chi connectivity index (χ1v) is 7.35. The van der Waals surface area contributed by atoms with Crippen LogP contribution in [0, 0.1) is 5.82 Å². The van der Waals surface area contributed by atoms with Gasteiger partial charge in [0.15, 0.2) is 0 Å². The van der Waals surface area contributed by atoms with E-state index >= 15 is 0 Å². The molecule has 1 unspecified atom stereocenters. The zero-order chi connectivity index (χ0) is 15.4. The Hall–Kier alpha value is -1.13. The molecule has 0 fully saturated rings. The Morgan fingerprint density at radius 3 is 2.67 bits per heavy atom. The van der Waals surface area contributed by atoms with Gasteiger partial charge in [-0.2, -0.15) is 0 Å². The molecule has 112 valence electrons. The fraction of sp³-hybridized carbons (Fsp3) is 0.250. The number of hydrogen-bond acceptors (Lipinski definition) is 2. The molecule has 2 rings (SSSR count). The average molecular weight is 328 g/mol. The molecule has 0 radical (unpaired) electrons. The summed E-state index contributed by atoms with van der Waals surface area (Å²) in [5.74, 6) is -0.278. The minimum absolute atomic E-state index is 0.0895. The van der Waals surface area contributed by atoms with E-state index in [0.29, 0.717) is 15.6 Å². The predicted octanol–water partition coefficient (Wildman–Crippen LogP) is 4.52. The second kappa shape index (κ2) is 7.23. The second-order valence-corrected chi connectivity index (χ2v) is 5.71. The highest BCUT2D eigenvalue weighted by Gasteiger charge is 2.14. The van der Waals surface area contributed by atoms with Gasteiger partial charge in [0.2, 0.25) is 0 Å². The molecule has 0 spiro atoms. The van der Waals surface area contributed by atoms with E-state index in [1.165, 1.54) is 12.1 Å². The van der Waals surface area contributed by atoms with Crippen molar-refractivity contribution in [1.29, 1.82) is 0 Å². The molecule has 0 aromatic heterocycles. The quantitative estimate of drug-likeness (QED) is 0.846. The van der Waals surface area contributed by atoms with Gasteiger partial charge in [0.25, 0.3) is 0 Å². The van der Waals surface area contributed by atoms with Crippen LogP contribution in [0.25, 0.3) is 0 Å². The number of aliphatic hydroxyl groups excluding tert-OH is 1. The van der Waals surface area contributed by atoms with Crippen molar-refractivity contribution in [2.24, 2.45) is 0 Å². The van der Waals surface area contributed by atoms with Crippen molar-refractivity contribution < 1.29 is 9.50 Å². The predicted molar refractivity (Wildman–Crippen MR) is 84.2 cm³/mol. The zero-order valence-electron chi connectivity index (χ0n) is 11.5. The Kier molecular flexibility index (Phi) is 5.59. The maximum absolute atomic E-state index is 13.2. The van der Waals surface area contributed by atoms with Gasteiger partial charge in [-0.1, -0.05) is 35.3 Å². The number of aliphatic hydroxyl groups is 1. The van der Waals surface area contributed by atoms with E-state index in [4.69, 9.17) is 23.2 Å². The summed E-state index contributed by atoms with van der Waals surface area (Å²) in [7, 11) is 0. The van der Waals surface area contributed by atoms with Crippen LogP contribution in [0.1, 0.15) is 30.2 Å². The van der Waals surface area contributed by atoms with Gasteiger partial charge < -0.3 is 10.4 Å². The highest BCUT2D eigenvalue weighted by atomic mass is 35.5. The molecule has 2 N–H and O–H groups in total. The van der Waals surface area contributed by atoms with E-state index in [1.807, 2.05) is 13.0 Å². The molecule has 0 amide bonds. The molecule has 0 heterocycles. The fourth-order valence-electron chi connectivity index (χ4n) is 2.06. The molecular formula is C16H16Cl2FNO. The lowest BCUT2D eigenvalue weighted by Crippen LogP contribution is -2.25. The van der Waals surface area contributed by atoms with Crippen LogP contribution in [-0.2, 0) is 0 Å². The van der Waals surface area contributed by atoms with Gasteiger partial charge in [-0.05, 0) is 42.8 Å². The van der Waals surface area contributed by atoms with Crippen LogP contribution >= 0.6 is 23.2 Å². The van der Waals surface area contributed by atoms with Crippen LogP contribution in [0.5, 0.6) is 0 Å². The third kappa shape index (κ3) is 4.42. The van der Waals surface area contributed by atoms with E-state index in [1.54, 1.807) is 24.3 Å². The van der Waals surface area contributed by atoms with Gasteiger partial charge in [0.05, 0.1) is 6.10 Å². The third-order valence-electron chi connectivity index (χ3n) is 3.28. The maximum Gasteiger partial charge on any atom is 0.123 e. The van der Waals surface area contributed by atoms with Crippen LogP contribution in [0.4, 0.5) is 4.39 Å². The summed E-state index contributed by atoms with van der Waals surface area (Å²) in [6, 6.07) is 11.2. The number of rotatable bonds is 5. The third-order valence-corrected chi connectivity index (χ3v) is 3.86. The Bertz CT molecular complexity index is 621. The molecule has 0 saturated heterocycles. The van der Waals surface area contributed by atoms with E-state index in [9.17, 15) is 9.50 Å². The van der Waals surface area contributed by atoms with E-state index in [0.717, 1.165) is 5.56 Å². The maximum atomic E-state index is 13.2. The largest absolute Gasteiger partial charge is 0.387 e. The molecule has 0 bridgehead atoms. The molecule has 0 aliphatic rings. The molecule has 2 atom stereocenters. The Morgan fingerprint density at radius 1 is 1.19 bits per heavy atom. The minimum atomic E-state index is -0.785. The van der Waals surface area contributed by atoms with Crippen molar-refractivity contribution in [1.82, 2.24) is 5.32 Å². The van der Waals surface area contributed by atoms with Gasteiger partial charge in [-0.15, -0.1) is 0 Å². The summed E-state index contributed by atoms with van der Waals surface area (Å²) in [6.07, 6.45) is -0.785. The van der Waals surface area contributed by atoms with Crippen molar-refractivity contribution in [2.45, 2.75) is 19.1 Å². The van der Waals surface area contributed by atoms with Gasteiger partial charge in [-0.3, -0.25) is 0 Å². The Morgan fingerprint density at radius 2 is 1.95 bits per heavy atom. The smallest absolute Gasteiger partial charge is 0.123 e. The van der Waals surface area contributed by atoms with Crippen molar-refractivity contribution >= 4 is 23.2 Å². The molecule has 21 heavy (non-hydrogen) atoms. The average Bonchev–Trinajstić information content (AvgIpc) is 2.47. The minimum Gasteiger partial charge on any atom is -0.387 e. The highest BCUT2D eigenvalue weighted by Crippen LogP contribution is 2.26. The van der Waals surface area contributed by atoms with Gasteiger partial charge in [-0.25, -0.2) is 4.39 Å². The molecule has 2 aromatic carbocycles. The topological polar surface area (TPSA) is 32.3 Å². The number of hydrogen-bond donors (Lipinski definition) is 2. The molecule has 2 nitrogen and oxygen atoms in total. The van der Waals surface area contributed by atoms with Crippen molar-refractivity contribution in [3.05, 3.63) is 69.5 Å². The first kappa shape index (κ1) is 16.2. The summed E-state index contributed by atoms with van der Waals surface area (Å²) in [5, 5.41) is 14.3. The van der Waals surface area contributed by atoms with Gasteiger partial charge in [0, 0.05) is 28.2 Å². The first-order chi connectivity index (χ1) is 9.97. The molecule has 0 saturated carbocycles. The molecule has 0 aliphatic heterocycles.